The minimum absolute atomic E-state index is 0.332. The van der Waals surface area contributed by atoms with Gasteiger partial charge in [-0.2, -0.15) is 0 Å². The van der Waals surface area contributed by atoms with Crippen molar-refractivity contribution in [1.82, 2.24) is 16.0 Å². The van der Waals surface area contributed by atoms with Gasteiger partial charge >= 0.3 is 6.09 Å². The lowest BCUT2D eigenvalue weighted by atomic mass is 10.1. The highest BCUT2D eigenvalue weighted by molar-refractivity contribution is 5.67. The van der Waals surface area contributed by atoms with Crippen molar-refractivity contribution in [2.24, 2.45) is 0 Å². The second kappa shape index (κ2) is 8.38. The third kappa shape index (κ3) is 8.83. The summed E-state index contributed by atoms with van der Waals surface area (Å²) < 4.78 is 5.16. The molecule has 0 saturated carbocycles. The lowest BCUT2D eigenvalue weighted by molar-refractivity contribution is 0.0527. The maximum atomic E-state index is 11.4. The Hall–Kier alpha value is -0.810. The van der Waals surface area contributed by atoms with Crippen LogP contribution in [0.5, 0.6) is 0 Å². The molecule has 0 radical (unpaired) electrons. The van der Waals surface area contributed by atoms with Crippen LogP contribution in [-0.2, 0) is 4.74 Å². The summed E-state index contributed by atoms with van der Waals surface area (Å²) in [6.45, 7) is 9.34. The quantitative estimate of drug-likeness (QED) is 0.643. The molecule has 0 spiro atoms. The third-order valence-corrected chi connectivity index (χ3v) is 3.00. The number of rotatable bonds is 6. The molecule has 1 unspecified atom stereocenters. The first kappa shape index (κ1) is 16.2. The fraction of sp³-hybridized carbons (Fsp3) is 0.929. The van der Waals surface area contributed by atoms with Crippen molar-refractivity contribution in [2.45, 2.75) is 58.1 Å². The number of hydrogen-bond donors (Lipinski definition) is 3. The highest BCUT2D eigenvalue weighted by atomic mass is 16.6. The van der Waals surface area contributed by atoms with Crippen molar-refractivity contribution in [3.8, 4) is 0 Å². The van der Waals surface area contributed by atoms with Gasteiger partial charge in [-0.25, -0.2) is 4.79 Å². The summed E-state index contributed by atoms with van der Waals surface area (Å²) in [6, 6.07) is 0.618. The van der Waals surface area contributed by atoms with Crippen molar-refractivity contribution in [1.29, 1.82) is 0 Å². The fourth-order valence-corrected chi connectivity index (χ4v) is 2.09. The molecule has 1 saturated heterocycles. The van der Waals surface area contributed by atoms with Gasteiger partial charge in [0.25, 0.3) is 0 Å². The van der Waals surface area contributed by atoms with Crippen LogP contribution in [0.15, 0.2) is 0 Å². The van der Waals surface area contributed by atoms with Gasteiger partial charge in [0.15, 0.2) is 0 Å². The first-order valence-electron chi connectivity index (χ1n) is 7.38. The van der Waals surface area contributed by atoms with Crippen LogP contribution < -0.4 is 16.0 Å². The number of piperidine rings is 1. The number of amides is 1. The van der Waals surface area contributed by atoms with E-state index in [1.165, 1.54) is 19.3 Å². The van der Waals surface area contributed by atoms with Gasteiger partial charge < -0.3 is 20.7 Å². The standard InChI is InChI=1S/C14H29N3O2/c1-14(2,3)19-13(18)17-10-6-8-15-11-12-7-4-5-9-16-12/h12,15-16H,4-11H2,1-3H3,(H,17,18). The van der Waals surface area contributed by atoms with Gasteiger partial charge in [0.05, 0.1) is 0 Å². The molecule has 1 heterocycles. The van der Waals surface area contributed by atoms with Gasteiger partial charge in [-0.05, 0) is 53.1 Å². The molecule has 0 aromatic carbocycles. The molecule has 1 aliphatic rings. The van der Waals surface area contributed by atoms with E-state index in [1.807, 2.05) is 20.8 Å². The summed E-state index contributed by atoms with van der Waals surface area (Å²) in [5.41, 5.74) is -0.422. The number of carbonyl (C=O) groups excluding carboxylic acids is 1. The van der Waals surface area contributed by atoms with Crippen molar-refractivity contribution in [2.75, 3.05) is 26.2 Å². The molecule has 0 aromatic rings. The molecular formula is C14H29N3O2. The van der Waals surface area contributed by atoms with Crippen LogP contribution in [0.4, 0.5) is 4.79 Å². The summed E-state index contributed by atoms with van der Waals surface area (Å²) >= 11 is 0. The molecule has 1 rings (SSSR count). The summed E-state index contributed by atoms with van der Waals surface area (Å²) in [5.74, 6) is 0. The zero-order valence-corrected chi connectivity index (χ0v) is 12.6. The van der Waals surface area contributed by atoms with Crippen LogP contribution in [0.1, 0.15) is 46.5 Å². The predicted molar refractivity (Wildman–Crippen MR) is 77.4 cm³/mol. The Labute approximate surface area is 116 Å². The van der Waals surface area contributed by atoms with Crippen molar-refractivity contribution >= 4 is 6.09 Å². The number of alkyl carbamates (subject to hydrolysis) is 1. The van der Waals surface area contributed by atoms with Crippen molar-refractivity contribution in [3.05, 3.63) is 0 Å². The van der Waals surface area contributed by atoms with Crippen molar-refractivity contribution in [3.63, 3.8) is 0 Å². The van der Waals surface area contributed by atoms with E-state index in [0.29, 0.717) is 12.6 Å². The number of nitrogens with one attached hydrogen (secondary N) is 3. The first-order valence-corrected chi connectivity index (χ1v) is 7.38. The SMILES string of the molecule is CC(C)(C)OC(=O)NCCCNCC1CCCCN1. The Morgan fingerprint density at radius 3 is 2.74 bits per heavy atom. The molecule has 1 fully saturated rings. The van der Waals surface area contributed by atoms with E-state index in [2.05, 4.69) is 16.0 Å². The smallest absolute Gasteiger partial charge is 0.407 e. The Morgan fingerprint density at radius 1 is 1.32 bits per heavy atom. The molecule has 19 heavy (non-hydrogen) atoms. The highest BCUT2D eigenvalue weighted by Crippen LogP contribution is 2.06. The van der Waals surface area contributed by atoms with E-state index in [0.717, 1.165) is 26.1 Å². The Kier molecular flexibility index (Phi) is 7.16. The average molecular weight is 271 g/mol. The van der Waals surface area contributed by atoms with Crippen LogP contribution in [-0.4, -0.2) is 43.9 Å². The van der Waals surface area contributed by atoms with Crippen LogP contribution in [0.25, 0.3) is 0 Å². The molecule has 1 aliphatic heterocycles. The highest BCUT2D eigenvalue weighted by Gasteiger charge is 2.15. The van der Waals surface area contributed by atoms with E-state index in [-0.39, 0.29) is 6.09 Å². The molecule has 112 valence electrons. The molecule has 5 nitrogen and oxygen atoms in total. The molecule has 5 heteroatoms. The zero-order valence-electron chi connectivity index (χ0n) is 12.6. The Bertz CT molecular complexity index is 258. The molecule has 0 aliphatic carbocycles. The van der Waals surface area contributed by atoms with Gasteiger partial charge in [-0.1, -0.05) is 6.42 Å². The molecule has 3 N–H and O–H groups in total. The predicted octanol–water partition coefficient (Wildman–Crippen LogP) is 1.63. The normalized spacial score (nSPS) is 20.1. The summed E-state index contributed by atoms with van der Waals surface area (Å²) in [4.78, 5) is 11.4. The van der Waals surface area contributed by atoms with E-state index in [4.69, 9.17) is 4.74 Å². The second-order valence-corrected chi connectivity index (χ2v) is 6.13. The van der Waals surface area contributed by atoms with Crippen molar-refractivity contribution < 1.29 is 9.53 Å². The van der Waals surface area contributed by atoms with Gasteiger partial charge in [0.1, 0.15) is 5.60 Å². The fourth-order valence-electron chi connectivity index (χ4n) is 2.09. The largest absolute Gasteiger partial charge is 0.444 e. The lowest BCUT2D eigenvalue weighted by Gasteiger charge is -2.23. The minimum Gasteiger partial charge on any atom is -0.444 e. The van der Waals surface area contributed by atoms with Crippen LogP contribution in [0.3, 0.4) is 0 Å². The van der Waals surface area contributed by atoms with Gasteiger partial charge in [-0.15, -0.1) is 0 Å². The van der Waals surface area contributed by atoms with Crippen LogP contribution in [0.2, 0.25) is 0 Å². The topological polar surface area (TPSA) is 62.4 Å². The van der Waals surface area contributed by atoms with E-state index < -0.39 is 5.60 Å². The van der Waals surface area contributed by atoms with E-state index in [1.54, 1.807) is 0 Å². The Morgan fingerprint density at radius 2 is 2.11 bits per heavy atom. The summed E-state index contributed by atoms with van der Waals surface area (Å²) in [5, 5.41) is 9.69. The van der Waals surface area contributed by atoms with E-state index in [9.17, 15) is 4.79 Å². The van der Waals surface area contributed by atoms with Crippen LogP contribution in [0, 0.1) is 0 Å². The molecular weight excluding hydrogens is 242 g/mol. The first-order chi connectivity index (χ1) is 8.97. The number of hydrogen-bond acceptors (Lipinski definition) is 4. The van der Waals surface area contributed by atoms with Gasteiger partial charge in [-0.3, -0.25) is 0 Å². The number of carbonyl (C=O) groups is 1. The molecule has 0 aromatic heterocycles. The maximum Gasteiger partial charge on any atom is 0.407 e. The van der Waals surface area contributed by atoms with E-state index >= 15 is 0 Å². The second-order valence-electron chi connectivity index (χ2n) is 6.13. The maximum absolute atomic E-state index is 11.4. The minimum atomic E-state index is -0.422. The summed E-state index contributed by atoms with van der Waals surface area (Å²) in [6.07, 6.45) is 4.49. The van der Waals surface area contributed by atoms with Crippen LogP contribution >= 0.6 is 0 Å². The molecule has 1 amide bonds. The average Bonchev–Trinajstić information content (AvgIpc) is 2.32. The monoisotopic (exact) mass is 271 g/mol. The lowest BCUT2D eigenvalue weighted by Crippen LogP contribution is -2.42. The third-order valence-electron chi connectivity index (χ3n) is 3.00. The zero-order chi connectivity index (χ0) is 14.1. The Balaban J connectivity index is 1.92. The molecule has 0 bridgehead atoms. The van der Waals surface area contributed by atoms with Gasteiger partial charge in [0.2, 0.25) is 0 Å². The number of ether oxygens (including phenoxy) is 1. The molecule has 1 atom stereocenters. The summed E-state index contributed by atoms with van der Waals surface area (Å²) in [7, 11) is 0. The van der Waals surface area contributed by atoms with Gasteiger partial charge in [0, 0.05) is 19.1 Å².